The number of nitrogens with zero attached hydrogens (tertiary/aromatic N) is 2. The molecule has 0 amide bonds. The molecule has 0 spiro atoms. The Kier molecular flexibility index (Phi) is 3.42. The Morgan fingerprint density at radius 1 is 1.43 bits per heavy atom. The van der Waals surface area contributed by atoms with E-state index >= 15 is 0 Å². The minimum absolute atomic E-state index is 0.231. The first-order chi connectivity index (χ1) is 6.43. The minimum Gasteiger partial charge on any atom is -0.213 e. The molecule has 1 aliphatic rings. The van der Waals surface area contributed by atoms with Crippen molar-refractivity contribution in [2.45, 2.75) is 19.4 Å². The van der Waals surface area contributed by atoms with Crippen LogP contribution in [0.2, 0.25) is 0 Å². The van der Waals surface area contributed by atoms with Crippen molar-refractivity contribution in [1.29, 1.82) is 0 Å². The zero-order chi connectivity index (χ0) is 10.8. The Bertz CT molecular complexity index is 346. The van der Waals surface area contributed by atoms with Crippen molar-refractivity contribution in [1.82, 2.24) is 4.31 Å². The van der Waals surface area contributed by atoms with E-state index in [1.54, 1.807) is 0 Å². The molecule has 0 aliphatic carbocycles. The van der Waals surface area contributed by atoms with Gasteiger partial charge in [-0.3, -0.25) is 0 Å². The highest BCUT2D eigenvalue weighted by Gasteiger charge is 2.29. The molecular weight excluding hydrogens is 204 g/mol. The number of sulfonamides is 1. The second kappa shape index (κ2) is 4.21. The van der Waals surface area contributed by atoms with Crippen molar-refractivity contribution < 1.29 is 13.2 Å². The molecule has 0 aromatic heterocycles. The van der Waals surface area contributed by atoms with Crippen molar-refractivity contribution in [3.8, 4) is 0 Å². The molecule has 80 valence electrons. The average Bonchev–Trinajstić information content (AvgIpc) is 2.02. The van der Waals surface area contributed by atoms with Gasteiger partial charge >= 0.3 is 0 Å². The van der Waals surface area contributed by atoms with Crippen LogP contribution in [0.3, 0.4) is 0 Å². The monoisotopic (exact) mass is 218 g/mol. The van der Waals surface area contributed by atoms with E-state index in [2.05, 4.69) is 4.99 Å². The van der Waals surface area contributed by atoms with Gasteiger partial charge in [0.1, 0.15) is 0 Å². The van der Waals surface area contributed by atoms with Gasteiger partial charge in [-0.05, 0) is 12.3 Å². The van der Waals surface area contributed by atoms with E-state index in [4.69, 9.17) is 0 Å². The van der Waals surface area contributed by atoms with Crippen LogP contribution in [0.25, 0.3) is 0 Å². The molecule has 1 fully saturated rings. The SMILES string of the molecule is CC1CC(N=C=O)CN(S(C)(=O)=O)C1. The summed E-state index contributed by atoms with van der Waals surface area (Å²) in [5.41, 5.74) is 0. The molecule has 1 saturated heterocycles. The van der Waals surface area contributed by atoms with Crippen molar-refractivity contribution in [2.24, 2.45) is 10.9 Å². The number of rotatable bonds is 2. The summed E-state index contributed by atoms with van der Waals surface area (Å²) >= 11 is 0. The second-order valence-electron chi connectivity index (χ2n) is 3.80. The first-order valence-corrected chi connectivity index (χ1v) is 6.30. The lowest BCUT2D eigenvalue weighted by Crippen LogP contribution is -2.44. The fourth-order valence-corrected chi connectivity index (χ4v) is 2.68. The summed E-state index contributed by atoms with van der Waals surface area (Å²) in [7, 11) is -3.17. The maximum absolute atomic E-state index is 11.3. The van der Waals surface area contributed by atoms with Crippen LogP contribution in [0.4, 0.5) is 0 Å². The van der Waals surface area contributed by atoms with Crippen LogP contribution in [0.15, 0.2) is 4.99 Å². The molecule has 0 radical (unpaired) electrons. The van der Waals surface area contributed by atoms with Crippen LogP contribution >= 0.6 is 0 Å². The van der Waals surface area contributed by atoms with E-state index < -0.39 is 10.0 Å². The van der Waals surface area contributed by atoms with E-state index in [1.165, 1.54) is 16.6 Å². The number of hydrogen-bond donors (Lipinski definition) is 0. The van der Waals surface area contributed by atoms with Gasteiger partial charge in [0.25, 0.3) is 0 Å². The lowest BCUT2D eigenvalue weighted by molar-refractivity contribution is 0.256. The molecule has 1 aliphatic heterocycles. The quantitative estimate of drug-likeness (QED) is 0.483. The normalized spacial score (nSPS) is 29.6. The molecule has 1 heterocycles. The summed E-state index contributed by atoms with van der Waals surface area (Å²) in [5.74, 6) is 0.237. The number of piperidine rings is 1. The molecule has 2 atom stereocenters. The summed E-state index contributed by atoms with van der Waals surface area (Å²) in [6, 6.07) is -0.231. The largest absolute Gasteiger partial charge is 0.235 e. The summed E-state index contributed by atoms with van der Waals surface area (Å²) in [6.45, 7) is 2.77. The third-order valence-corrected chi connectivity index (χ3v) is 3.54. The number of hydrogen-bond acceptors (Lipinski definition) is 4. The van der Waals surface area contributed by atoms with Gasteiger partial charge in [-0.15, -0.1) is 0 Å². The number of carbonyl (C=O) groups excluding carboxylic acids is 1. The van der Waals surface area contributed by atoms with Crippen molar-refractivity contribution in [3.05, 3.63) is 0 Å². The highest BCUT2D eigenvalue weighted by molar-refractivity contribution is 7.88. The fourth-order valence-electron chi connectivity index (χ4n) is 1.71. The molecular formula is C8H14N2O3S. The average molecular weight is 218 g/mol. The molecule has 6 heteroatoms. The predicted octanol–water partition coefficient (Wildman–Crippen LogP) is -0.00780. The Morgan fingerprint density at radius 2 is 2.07 bits per heavy atom. The van der Waals surface area contributed by atoms with Crippen molar-refractivity contribution in [2.75, 3.05) is 19.3 Å². The molecule has 5 nitrogen and oxygen atoms in total. The summed E-state index contributed by atoms with van der Waals surface area (Å²) < 4.78 is 23.9. The number of isocyanates is 1. The van der Waals surface area contributed by atoms with Crippen LogP contribution in [0, 0.1) is 5.92 Å². The third-order valence-electron chi connectivity index (χ3n) is 2.31. The zero-order valence-corrected chi connectivity index (χ0v) is 9.12. The fraction of sp³-hybridized carbons (Fsp3) is 0.875. The first kappa shape index (κ1) is 11.4. The third kappa shape index (κ3) is 2.90. The maximum atomic E-state index is 11.3. The van der Waals surface area contributed by atoms with Gasteiger partial charge < -0.3 is 0 Å². The molecule has 0 N–H and O–H groups in total. The van der Waals surface area contributed by atoms with Crippen LogP contribution in [-0.2, 0) is 14.8 Å². The van der Waals surface area contributed by atoms with Gasteiger partial charge in [-0.2, -0.15) is 4.31 Å². The molecule has 2 unspecified atom stereocenters. The first-order valence-electron chi connectivity index (χ1n) is 4.45. The van der Waals surface area contributed by atoms with Gasteiger partial charge in [0, 0.05) is 13.1 Å². The Labute approximate surface area is 83.9 Å². The lowest BCUT2D eigenvalue weighted by atomic mass is 9.98. The molecule has 0 aromatic carbocycles. The highest BCUT2D eigenvalue weighted by atomic mass is 32.2. The van der Waals surface area contributed by atoms with Crippen LogP contribution < -0.4 is 0 Å². The maximum Gasteiger partial charge on any atom is 0.235 e. The van der Waals surface area contributed by atoms with Gasteiger partial charge in [-0.25, -0.2) is 18.2 Å². The highest BCUT2D eigenvalue weighted by Crippen LogP contribution is 2.20. The molecule has 0 aromatic rings. The van der Waals surface area contributed by atoms with E-state index in [1.807, 2.05) is 6.92 Å². The Morgan fingerprint density at radius 3 is 2.57 bits per heavy atom. The minimum atomic E-state index is -3.17. The van der Waals surface area contributed by atoms with Crippen LogP contribution in [-0.4, -0.2) is 44.2 Å². The van der Waals surface area contributed by atoms with E-state index in [0.29, 0.717) is 13.1 Å². The van der Waals surface area contributed by atoms with Crippen molar-refractivity contribution in [3.63, 3.8) is 0 Å². The van der Waals surface area contributed by atoms with Gasteiger partial charge in [0.05, 0.1) is 12.3 Å². The van der Waals surface area contributed by atoms with Gasteiger partial charge in [0.2, 0.25) is 16.1 Å². The Hall–Kier alpha value is -0.710. The van der Waals surface area contributed by atoms with Gasteiger partial charge in [0.15, 0.2) is 0 Å². The van der Waals surface area contributed by atoms with E-state index in [0.717, 1.165) is 6.42 Å². The van der Waals surface area contributed by atoms with Crippen LogP contribution in [0.1, 0.15) is 13.3 Å². The topological polar surface area (TPSA) is 66.8 Å². The summed E-state index contributed by atoms with van der Waals surface area (Å²) in [5, 5.41) is 0. The van der Waals surface area contributed by atoms with Crippen molar-refractivity contribution >= 4 is 16.1 Å². The summed E-state index contributed by atoms with van der Waals surface area (Å²) in [4.78, 5) is 13.7. The van der Waals surface area contributed by atoms with E-state index in [9.17, 15) is 13.2 Å². The second-order valence-corrected chi connectivity index (χ2v) is 5.78. The van der Waals surface area contributed by atoms with E-state index in [-0.39, 0.29) is 12.0 Å². The van der Waals surface area contributed by atoms with Crippen LogP contribution in [0.5, 0.6) is 0 Å². The molecule has 0 bridgehead atoms. The van der Waals surface area contributed by atoms with Gasteiger partial charge in [-0.1, -0.05) is 6.92 Å². The zero-order valence-electron chi connectivity index (χ0n) is 8.30. The standard InChI is InChI=1S/C8H14N2O3S/c1-7-3-8(9-6-11)5-10(4-7)14(2,12)13/h7-8H,3-5H2,1-2H3. The smallest absolute Gasteiger partial charge is 0.213 e. The lowest BCUT2D eigenvalue weighted by Gasteiger charge is -2.32. The summed E-state index contributed by atoms with van der Waals surface area (Å²) in [6.07, 6.45) is 3.41. The predicted molar refractivity (Wildman–Crippen MR) is 52.1 cm³/mol. The molecule has 1 rings (SSSR count). The molecule has 0 saturated carbocycles. The Balaban J connectivity index is 2.77. The molecule has 14 heavy (non-hydrogen) atoms. The number of aliphatic imine (C=N–C) groups is 1.